The van der Waals surface area contributed by atoms with E-state index in [2.05, 4.69) is 0 Å². The number of esters is 1. The summed E-state index contributed by atoms with van der Waals surface area (Å²) in [7, 11) is -2.39. The zero-order valence-electron chi connectivity index (χ0n) is 14.7. The van der Waals surface area contributed by atoms with Gasteiger partial charge in [0.1, 0.15) is 6.04 Å². The van der Waals surface area contributed by atoms with Crippen LogP contribution in [0.4, 0.5) is 0 Å². The standard InChI is InChI=1S/C16H28N2O5S/c1-11-9-17(10-12(2)23-11)24(20,21)18-14-7-5-4-6-13(14)8-15(18)16(19)22-3/h11-15H,4-10H2,1-3H3/t11-,12+,13-,14+,15-/m0/s1. The van der Waals surface area contributed by atoms with E-state index in [1.807, 2.05) is 13.8 Å². The van der Waals surface area contributed by atoms with Crippen molar-refractivity contribution in [1.29, 1.82) is 0 Å². The smallest absolute Gasteiger partial charge is 0.324 e. The molecule has 138 valence electrons. The molecule has 0 N–H and O–H groups in total. The first-order valence-electron chi connectivity index (χ1n) is 8.86. The number of carbonyl (C=O) groups is 1. The van der Waals surface area contributed by atoms with Crippen LogP contribution in [0.3, 0.4) is 0 Å². The number of hydrogen-bond donors (Lipinski definition) is 0. The van der Waals surface area contributed by atoms with Crippen molar-refractivity contribution in [3.8, 4) is 0 Å². The lowest BCUT2D eigenvalue weighted by Crippen LogP contribution is -2.57. The summed E-state index contributed by atoms with van der Waals surface area (Å²) in [6.45, 7) is 4.41. The molecule has 0 unspecified atom stereocenters. The van der Waals surface area contributed by atoms with Crippen LogP contribution in [0.25, 0.3) is 0 Å². The molecule has 3 aliphatic rings. The van der Waals surface area contributed by atoms with Gasteiger partial charge in [-0.05, 0) is 39.0 Å². The summed E-state index contributed by atoms with van der Waals surface area (Å²) >= 11 is 0. The van der Waals surface area contributed by atoms with Gasteiger partial charge >= 0.3 is 5.97 Å². The van der Waals surface area contributed by atoms with Crippen molar-refractivity contribution in [3.63, 3.8) is 0 Å². The Morgan fingerprint density at radius 3 is 2.38 bits per heavy atom. The highest BCUT2D eigenvalue weighted by Crippen LogP contribution is 2.42. The lowest BCUT2D eigenvalue weighted by molar-refractivity contribution is -0.144. The first kappa shape index (κ1) is 18.1. The lowest BCUT2D eigenvalue weighted by atomic mass is 9.85. The van der Waals surface area contributed by atoms with Gasteiger partial charge in [-0.25, -0.2) is 0 Å². The van der Waals surface area contributed by atoms with E-state index < -0.39 is 22.2 Å². The lowest BCUT2D eigenvalue weighted by Gasteiger charge is -2.40. The SMILES string of the molecule is COC(=O)[C@@H]1C[C@@H]2CCCC[C@H]2N1S(=O)(=O)N1C[C@@H](C)O[C@@H](C)C1. The van der Waals surface area contributed by atoms with Gasteiger partial charge in [-0.3, -0.25) is 4.79 Å². The van der Waals surface area contributed by atoms with Crippen molar-refractivity contribution in [2.75, 3.05) is 20.2 Å². The molecule has 0 amide bonds. The van der Waals surface area contributed by atoms with Gasteiger partial charge in [0.2, 0.25) is 0 Å². The molecule has 3 fully saturated rings. The number of fused-ring (bicyclic) bond motifs is 1. The molecule has 0 radical (unpaired) electrons. The van der Waals surface area contributed by atoms with Crippen molar-refractivity contribution in [2.24, 2.45) is 5.92 Å². The van der Waals surface area contributed by atoms with Crippen LogP contribution >= 0.6 is 0 Å². The van der Waals surface area contributed by atoms with E-state index in [0.717, 1.165) is 25.7 Å². The maximum Gasteiger partial charge on any atom is 0.324 e. The zero-order valence-corrected chi connectivity index (χ0v) is 15.5. The van der Waals surface area contributed by atoms with Gasteiger partial charge in [-0.2, -0.15) is 17.0 Å². The third-order valence-corrected chi connectivity index (χ3v) is 7.49. The molecule has 0 aromatic heterocycles. The number of methoxy groups -OCH3 is 1. The number of ether oxygens (including phenoxy) is 2. The Hall–Kier alpha value is -0.700. The minimum Gasteiger partial charge on any atom is -0.468 e. The summed E-state index contributed by atoms with van der Waals surface area (Å²) in [4.78, 5) is 12.3. The van der Waals surface area contributed by atoms with Crippen LogP contribution in [0.1, 0.15) is 46.0 Å². The number of rotatable bonds is 3. The van der Waals surface area contributed by atoms with E-state index in [0.29, 0.717) is 19.5 Å². The summed E-state index contributed by atoms with van der Waals surface area (Å²) in [6, 6.07) is -0.775. The average Bonchev–Trinajstić information content (AvgIpc) is 2.93. The maximum atomic E-state index is 13.4. The Kier molecular flexibility index (Phi) is 5.20. The largest absolute Gasteiger partial charge is 0.468 e. The monoisotopic (exact) mass is 360 g/mol. The quantitative estimate of drug-likeness (QED) is 0.706. The van der Waals surface area contributed by atoms with Crippen LogP contribution in [0.15, 0.2) is 0 Å². The van der Waals surface area contributed by atoms with Crippen molar-refractivity contribution < 1.29 is 22.7 Å². The van der Waals surface area contributed by atoms with Crippen molar-refractivity contribution in [1.82, 2.24) is 8.61 Å². The van der Waals surface area contributed by atoms with Gasteiger partial charge in [0.05, 0.1) is 19.3 Å². The number of morpholine rings is 1. The highest BCUT2D eigenvalue weighted by Gasteiger charge is 2.53. The highest BCUT2D eigenvalue weighted by atomic mass is 32.2. The van der Waals surface area contributed by atoms with Crippen LogP contribution in [0, 0.1) is 5.92 Å². The molecule has 1 saturated carbocycles. The Morgan fingerprint density at radius 1 is 1.12 bits per heavy atom. The van der Waals surface area contributed by atoms with Gasteiger partial charge in [0, 0.05) is 19.1 Å². The highest BCUT2D eigenvalue weighted by molar-refractivity contribution is 7.86. The Labute approximate surface area is 144 Å². The molecule has 0 aromatic rings. The second kappa shape index (κ2) is 6.90. The fourth-order valence-corrected chi connectivity index (χ4v) is 6.72. The third-order valence-electron chi connectivity index (χ3n) is 5.48. The van der Waals surface area contributed by atoms with Crippen molar-refractivity contribution >= 4 is 16.2 Å². The fourth-order valence-electron chi connectivity index (χ4n) is 4.54. The Balaban J connectivity index is 1.91. The van der Waals surface area contributed by atoms with Crippen molar-refractivity contribution in [3.05, 3.63) is 0 Å². The molecule has 1 aliphatic carbocycles. The number of nitrogens with zero attached hydrogens (tertiary/aromatic N) is 2. The Morgan fingerprint density at radius 2 is 1.75 bits per heavy atom. The topological polar surface area (TPSA) is 76.2 Å². The fraction of sp³-hybridized carbons (Fsp3) is 0.938. The van der Waals surface area contributed by atoms with E-state index in [9.17, 15) is 13.2 Å². The van der Waals surface area contributed by atoms with Gasteiger partial charge < -0.3 is 9.47 Å². The van der Waals surface area contributed by atoms with Gasteiger partial charge in [-0.15, -0.1) is 0 Å². The van der Waals surface area contributed by atoms with Crippen LogP contribution in [-0.2, 0) is 24.5 Å². The second-order valence-corrected chi connectivity index (χ2v) is 9.13. The van der Waals surface area contributed by atoms with Crippen LogP contribution in [-0.4, -0.2) is 67.5 Å². The molecule has 2 heterocycles. The molecule has 0 bridgehead atoms. The molecule has 5 atom stereocenters. The first-order valence-corrected chi connectivity index (χ1v) is 10.3. The van der Waals surface area contributed by atoms with Gasteiger partial charge in [0.15, 0.2) is 0 Å². The van der Waals surface area contributed by atoms with E-state index in [4.69, 9.17) is 9.47 Å². The zero-order chi connectivity index (χ0) is 17.5. The summed E-state index contributed by atoms with van der Waals surface area (Å²) in [5.74, 6) is -0.184. The second-order valence-electron chi connectivity index (χ2n) is 7.30. The Bertz CT molecular complexity index is 571. The minimum absolute atomic E-state index is 0.0821. The molecule has 24 heavy (non-hydrogen) atoms. The predicted molar refractivity (Wildman–Crippen MR) is 88.5 cm³/mol. The van der Waals surface area contributed by atoms with Crippen LogP contribution in [0.5, 0.6) is 0 Å². The average molecular weight is 360 g/mol. The summed E-state index contributed by atoms with van der Waals surface area (Å²) < 4.78 is 40.2. The summed E-state index contributed by atoms with van der Waals surface area (Å²) in [6.07, 6.45) is 4.21. The molecule has 3 rings (SSSR count). The molecule has 2 aliphatic heterocycles. The normalized spacial score (nSPS) is 38.7. The predicted octanol–water partition coefficient (Wildman–Crippen LogP) is 1.15. The summed E-state index contributed by atoms with van der Waals surface area (Å²) in [5.41, 5.74) is 0. The molecule has 7 nitrogen and oxygen atoms in total. The van der Waals surface area contributed by atoms with Crippen LogP contribution in [0.2, 0.25) is 0 Å². The van der Waals surface area contributed by atoms with Crippen molar-refractivity contribution in [2.45, 2.75) is 70.2 Å². The van der Waals surface area contributed by atoms with E-state index >= 15 is 0 Å². The number of carbonyl (C=O) groups excluding carboxylic acids is 1. The molecular formula is C16H28N2O5S. The van der Waals surface area contributed by atoms with Crippen LogP contribution < -0.4 is 0 Å². The summed E-state index contributed by atoms with van der Waals surface area (Å²) in [5, 5.41) is 0. The molecule has 0 spiro atoms. The number of hydrogen-bond acceptors (Lipinski definition) is 5. The van der Waals surface area contributed by atoms with E-state index in [-0.39, 0.29) is 24.2 Å². The maximum absolute atomic E-state index is 13.4. The van der Waals surface area contributed by atoms with Gasteiger partial charge in [0.25, 0.3) is 10.2 Å². The molecule has 2 saturated heterocycles. The first-order chi connectivity index (χ1) is 11.3. The van der Waals surface area contributed by atoms with Gasteiger partial charge in [-0.1, -0.05) is 12.8 Å². The molecular weight excluding hydrogens is 332 g/mol. The van der Waals surface area contributed by atoms with E-state index in [1.54, 1.807) is 0 Å². The van der Waals surface area contributed by atoms with E-state index in [1.165, 1.54) is 15.7 Å². The molecule has 8 heteroatoms. The minimum atomic E-state index is -3.72. The molecule has 0 aromatic carbocycles. The third kappa shape index (κ3) is 3.21.